The van der Waals surface area contributed by atoms with Crippen LogP contribution in [0.15, 0.2) is 12.1 Å². The summed E-state index contributed by atoms with van der Waals surface area (Å²) in [6.07, 6.45) is 0.699. The fraction of sp³-hybridized carbons (Fsp3) is 0.400. The van der Waals surface area contributed by atoms with Crippen molar-refractivity contribution < 1.29 is 8.78 Å². The van der Waals surface area contributed by atoms with Crippen LogP contribution in [0.25, 0.3) is 11.3 Å². The van der Waals surface area contributed by atoms with Crippen molar-refractivity contribution in [3.8, 4) is 11.3 Å². The minimum Gasteiger partial charge on any atom is -0.384 e. The molecule has 0 saturated carbocycles. The van der Waals surface area contributed by atoms with Gasteiger partial charge in [-0.3, -0.25) is 4.68 Å². The molecule has 2 N–H and O–H groups in total. The molecule has 5 heteroatoms. The van der Waals surface area contributed by atoms with Gasteiger partial charge in [0.15, 0.2) is 0 Å². The van der Waals surface area contributed by atoms with E-state index in [1.165, 1.54) is 10.7 Å². The van der Waals surface area contributed by atoms with Gasteiger partial charge in [-0.15, -0.1) is 0 Å². The van der Waals surface area contributed by atoms with Crippen LogP contribution < -0.4 is 5.73 Å². The Balaban J connectivity index is 2.63. The molecule has 0 aliphatic heterocycles. The Morgan fingerprint density at radius 1 is 1.25 bits per heavy atom. The molecule has 0 saturated heterocycles. The maximum absolute atomic E-state index is 14.0. The van der Waals surface area contributed by atoms with Crippen LogP contribution in [0.2, 0.25) is 0 Å². The molecule has 20 heavy (non-hydrogen) atoms. The van der Waals surface area contributed by atoms with Crippen LogP contribution in [0, 0.1) is 24.5 Å². The van der Waals surface area contributed by atoms with Crippen molar-refractivity contribution in [3.05, 3.63) is 34.9 Å². The minimum absolute atomic E-state index is 0.298. The Bertz CT molecular complexity index is 645. The van der Waals surface area contributed by atoms with Crippen molar-refractivity contribution in [2.75, 3.05) is 5.73 Å². The molecule has 2 rings (SSSR count). The van der Waals surface area contributed by atoms with Gasteiger partial charge in [-0.05, 0) is 30.9 Å². The number of aromatic nitrogens is 2. The summed E-state index contributed by atoms with van der Waals surface area (Å²) in [5.74, 6) is -0.281. The van der Waals surface area contributed by atoms with Crippen LogP contribution in [0.1, 0.15) is 25.0 Å². The predicted molar refractivity (Wildman–Crippen MR) is 76.3 cm³/mol. The third-order valence-electron chi connectivity index (χ3n) is 3.31. The molecule has 0 unspecified atom stereocenters. The molecule has 0 aliphatic carbocycles. The number of aryl methyl sites for hydroxylation is 2. The molecular weight excluding hydrogens is 260 g/mol. The summed E-state index contributed by atoms with van der Waals surface area (Å²) in [4.78, 5) is 0. The maximum Gasteiger partial charge on any atom is 0.135 e. The molecule has 3 nitrogen and oxygen atoms in total. The van der Waals surface area contributed by atoms with Crippen molar-refractivity contribution in [3.63, 3.8) is 0 Å². The largest absolute Gasteiger partial charge is 0.384 e. The van der Waals surface area contributed by atoms with Gasteiger partial charge in [-0.2, -0.15) is 5.10 Å². The van der Waals surface area contributed by atoms with E-state index >= 15 is 0 Å². The van der Waals surface area contributed by atoms with Gasteiger partial charge in [-0.25, -0.2) is 8.78 Å². The average molecular weight is 279 g/mol. The van der Waals surface area contributed by atoms with Gasteiger partial charge in [0.2, 0.25) is 0 Å². The van der Waals surface area contributed by atoms with Crippen LogP contribution in [0.4, 0.5) is 14.6 Å². The number of halogens is 2. The van der Waals surface area contributed by atoms with Gasteiger partial charge in [0.1, 0.15) is 23.1 Å². The Kier molecular flexibility index (Phi) is 3.79. The normalized spacial score (nSPS) is 11.3. The summed E-state index contributed by atoms with van der Waals surface area (Å²) in [6, 6.07) is 2.38. The van der Waals surface area contributed by atoms with Gasteiger partial charge >= 0.3 is 0 Å². The number of nitrogen functional groups attached to an aromatic ring is 1. The van der Waals surface area contributed by atoms with E-state index in [1.54, 1.807) is 14.0 Å². The number of benzene rings is 1. The first-order valence-corrected chi connectivity index (χ1v) is 6.58. The molecule has 0 aliphatic rings. The lowest BCUT2D eigenvalue weighted by atomic mass is 9.98. The number of hydrogen-bond acceptors (Lipinski definition) is 2. The highest BCUT2D eigenvalue weighted by atomic mass is 19.1. The van der Waals surface area contributed by atoms with Crippen molar-refractivity contribution >= 4 is 5.82 Å². The highest BCUT2D eigenvalue weighted by Crippen LogP contribution is 2.31. The van der Waals surface area contributed by atoms with Crippen molar-refractivity contribution in [1.29, 1.82) is 0 Å². The lowest BCUT2D eigenvalue weighted by Crippen LogP contribution is -2.02. The zero-order chi connectivity index (χ0) is 15.0. The number of nitrogens with zero attached hydrogens (tertiary/aromatic N) is 2. The molecule has 1 aromatic heterocycles. The van der Waals surface area contributed by atoms with E-state index in [9.17, 15) is 8.78 Å². The minimum atomic E-state index is -0.615. The number of hydrogen-bond donors (Lipinski definition) is 1. The summed E-state index contributed by atoms with van der Waals surface area (Å²) in [7, 11) is 1.72. The lowest BCUT2D eigenvalue weighted by molar-refractivity contribution is 0.578. The monoisotopic (exact) mass is 279 g/mol. The van der Waals surface area contributed by atoms with Gasteiger partial charge in [0.25, 0.3) is 0 Å². The topological polar surface area (TPSA) is 43.8 Å². The Morgan fingerprint density at radius 3 is 2.50 bits per heavy atom. The fourth-order valence-electron chi connectivity index (χ4n) is 2.25. The molecule has 0 atom stereocenters. The van der Waals surface area contributed by atoms with Crippen molar-refractivity contribution in [1.82, 2.24) is 9.78 Å². The van der Waals surface area contributed by atoms with Crippen LogP contribution >= 0.6 is 0 Å². The molecule has 0 bridgehead atoms. The highest BCUT2D eigenvalue weighted by molar-refractivity contribution is 5.69. The first kappa shape index (κ1) is 14.5. The molecule has 0 amide bonds. The second-order valence-electron chi connectivity index (χ2n) is 5.52. The molecule has 1 heterocycles. The van der Waals surface area contributed by atoms with Gasteiger partial charge in [0.05, 0.1) is 0 Å². The van der Waals surface area contributed by atoms with E-state index in [2.05, 4.69) is 18.9 Å². The number of anilines is 1. The van der Waals surface area contributed by atoms with Gasteiger partial charge < -0.3 is 5.73 Å². The average Bonchev–Trinajstić information content (AvgIpc) is 2.61. The number of nitrogens with two attached hydrogens (primary N) is 1. The third kappa shape index (κ3) is 2.53. The molecule has 0 fully saturated rings. The highest BCUT2D eigenvalue weighted by Gasteiger charge is 2.20. The van der Waals surface area contributed by atoms with Crippen LogP contribution in [-0.4, -0.2) is 9.78 Å². The summed E-state index contributed by atoms with van der Waals surface area (Å²) in [5, 5.41) is 4.29. The lowest BCUT2D eigenvalue weighted by Gasteiger charge is -2.08. The second kappa shape index (κ2) is 5.23. The van der Waals surface area contributed by atoms with E-state index < -0.39 is 11.6 Å². The summed E-state index contributed by atoms with van der Waals surface area (Å²) < 4.78 is 29.0. The van der Waals surface area contributed by atoms with Crippen LogP contribution in [0.5, 0.6) is 0 Å². The molecular formula is C15H19F2N3. The Labute approximate surface area is 117 Å². The standard InChI is InChI=1S/C15H19F2N3/c1-8(2)5-11-14(19-20(4)15(11)18)10-6-9(3)12(16)7-13(10)17/h6-8H,5,18H2,1-4H3. The summed E-state index contributed by atoms with van der Waals surface area (Å²) in [6.45, 7) is 5.72. The molecule has 2 aromatic rings. The van der Waals surface area contributed by atoms with Gasteiger partial charge in [-0.1, -0.05) is 13.8 Å². The predicted octanol–water partition coefficient (Wildman–Crippen LogP) is 3.45. The summed E-state index contributed by atoms with van der Waals surface area (Å²) in [5.41, 5.74) is 8.01. The SMILES string of the molecule is Cc1cc(-c2nn(C)c(N)c2CC(C)C)c(F)cc1F. The fourth-order valence-corrected chi connectivity index (χ4v) is 2.25. The quantitative estimate of drug-likeness (QED) is 0.935. The molecule has 0 radical (unpaired) electrons. The zero-order valence-corrected chi connectivity index (χ0v) is 12.2. The first-order chi connectivity index (χ1) is 9.31. The Morgan fingerprint density at radius 2 is 1.90 bits per heavy atom. The van der Waals surface area contributed by atoms with Crippen LogP contribution in [0.3, 0.4) is 0 Å². The zero-order valence-electron chi connectivity index (χ0n) is 12.2. The van der Waals surface area contributed by atoms with Crippen molar-refractivity contribution in [2.24, 2.45) is 13.0 Å². The second-order valence-corrected chi connectivity index (χ2v) is 5.52. The van der Waals surface area contributed by atoms with E-state index in [1.807, 2.05) is 0 Å². The summed E-state index contributed by atoms with van der Waals surface area (Å²) >= 11 is 0. The van der Waals surface area contributed by atoms with E-state index in [4.69, 9.17) is 5.73 Å². The van der Waals surface area contributed by atoms with Gasteiger partial charge in [0, 0.05) is 24.2 Å². The molecule has 108 valence electrons. The van der Waals surface area contributed by atoms with E-state index in [-0.39, 0.29) is 0 Å². The third-order valence-corrected chi connectivity index (χ3v) is 3.31. The molecule has 0 spiro atoms. The molecule has 1 aromatic carbocycles. The van der Waals surface area contributed by atoms with Crippen LogP contribution in [-0.2, 0) is 13.5 Å². The smallest absolute Gasteiger partial charge is 0.135 e. The number of rotatable bonds is 3. The van der Waals surface area contributed by atoms with E-state index in [0.717, 1.165) is 11.6 Å². The Hall–Kier alpha value is -1.91. The van der Waals surface area contributed by atoms with E-state index in [0.29, 0.717) is 35.0 Å². The maximum atomic E-state index is 14.0. The first-order valence-electron chi connectivity index (χ1n) is 6.58. The van der Waals surface area contributed by atoms with Crippen molar-refractivity contribution in [2.45, 2.75) is 27.2 Å².